The van der Waals surface area contributed by atoms with Crippen LogP contribution >= 0.6 is 0 Å². The maximum Gasteiger partial charge on any atom is 0.203 e. The molecular formula is C16H22FN3. The fraction of sp³-hybridized carbons (Fsp3) is 0.438. The number of nitrogens with zero attached hydrogens (tertiary/aromatic N) is 2. The van der Waals surface area contributed by atoms with E-state index in [2.05, 4.69) is 28.0 Å². The summed E-state index contributed by atoms with van der Waals surface area (Å²) in [6, 6.07) is 6.65. The van der Waals surface area contributed by atoms with Crippen LogP contribution in [0.25, 0.3) is 0 Å². The maximum absolute atomic E-state index is 12.8. The molecule has 0 unspecified atom stereocenters. The largest absolute Gasteiger partial charge is 0.355 e. The van der Waals surface area contributed by atoms with Gasteiger partial charge in [-0.15, -0.1) is 0 Å². The first-order valence-corrected chi connectivity index (χ1v) is 7.21. The summed E-state index contributed by atoms with van der Waals surface area (Å²) in [7, 11) is 0. The van der Waals surface area contributed by atoms with Crippen molar-refractivity contribution in [1.82, 2.24) is 9.55 Å². The van der Waals surface area contributed by atoms with Crippen molar-refractivity contribution in [3.63, 3.8) is 0 Å². The van der Waals surface area contributed by atoms with Crippen molar-refractivity contribution >= 4 is 5.95 Å². The van der Waals surface area contributed by atoms with Gasteiger partial charge in [-0.1, -0.05) is 25.5 Å². The van der Waals surface area contributed by atoms with Crippen LogP contribution in [0.3, 0.4) is 0 Å². The second-order valence-corrected chi connectivity index (χ2v) is 5.06. The Morgan fingerprint density at radius 2 is 2.00 bits per heavy atom. The minimum atomic E-state index is -0.188. The number of hydrogen-bond donors (Lipinski definition) is 1. The molecular weight excluding hydrogens is 253 g/mol. The van der Waals surface area contributed by atoms with Crippen LogP contribution in [0.15, 0.2) is 30.5 Å². The molecule has 108 valence electrons. The van der Waals surface area contributed by atoms with Gasteiger partial charge in [0.1, 0.15) is 5.82 Å². The van der Waals surface area contributed by atoms with E-state index < -0.39 is 0 Å². The molecule has 4 heteroatoms. The number of benzene rings is 1. The summed E-state index contributed by atoms with van der Waals surface area (Å²) in [5, 5.41) is 3.36. The highest BCUT2D eigenvalue weighted by molar-refractivity contribution is 5.29. The van der Waals surface area contributed by atoms with Gasteiger partial charge < -0.3 is 9.88 Å². The fourth-order valence-corrected chi connectivity index (χ4v) is 2.16. The number of halogens is 1. The summed E-state index contributed by atoms with van der Waals surface area (Å²) in [6.45, 7) is 5.99. The molecule has 3 nitrogen and oxygen atoms in total. The highest BCUT2D eigenvalue weighted by Gasteiger charge is 2.04. The van der Waals surface area contributed by atoms with E-state index in [4.69, 9.17) is 0 Å². The Kier molecular flexibility index (Phi) is 5.16. The average molecular weight is 275 g/mol. The molecule has 2 aromatic rings. The summed E-state index contributed by atoms with van der Waals surface area (Å²) in [6.07, 6.45) is 5.27. The summed E-state index contributed by atoms with van der Waals surface area (Å²) < 4.78 is 15.0. The quantitative estimate of drug-likeness (QED) is 0.833. The summed E-state index contributed by atoms with van der Waals surface area (Å²) in [5.41, 5.74) is 2.16. The van der Waals surface area contributed by atoms with Gasteiger partial charge in [0.15, 0.2) is 0 Å². The van der Waals surface area contributed by atoms with E-state index in [9.17, 15) is 4.39 Å². The molecule has 0 saturated heterocycles. The summed E-state index contributed by atoms with van der Waals surface area (Å²) in [5.74, 6) is 0.741. The number of aromatic nitrogens is 2. The zero-order valence-electron chi connectivity index (χ0n) is 12.2. The zero-order chi connectivity index (χ0) is 14.4. The van der Waals surface area contributed by atoms with Gasteiger partial charge in [0.2, 0.25) is 5.95 Å². The van der Waals surface area contributed by atoms with Crippen molar-refractivity contribution in [1.29, 1.82) is 0 Å². The van der Waals surface area contributed by atoms with Crippen LogP contribution < -0.4 is 5.32 Å². The molecule has 0 fully saturated rings. The number of nitrogens with one attached hydrogen (secondary N) is 1. The highest BCUT2D eigenvalue weighted by Crippen LogP contribution is 2.10. The van der Waals surface area contributed by atoms with Gasteiger partial charge in [-0.2, -0.15) is 0 Å². The molecule has 0 atom stereocenters. The Morgan fingerprint density at radius 3 is 2.70 bits per heavy atom. The molecule has 1 aromatic heterocycles. The second-order valence-electron chi connectivity index (χ2n) is 5.06. The minimum absolute atomic E-state index is 0.188. The molecule has 20 heavy (non-hydrogen) atoms. The highest BCUT2D eigenvalue weighted by atomic mass is 19.1. The SMILES string of the molecule is CCCCn1cc(C)nc1NCCc1ccc(F)cc1. The third kappa shape index (κ3) is 4.08. The Bertz CT molecular complexity index is 531. The summed E-state index contributed by atoms with van der Waals surface area (Å²) in [4.78, 5) is 4.50. The van der Waals surface area contributed by atoms with Gasteiger partial charge >= 0.3 is 0 Å². The molecule has 0 bridgehead atoms. The van der Waals surface area contributed by atoms with Gasteiger partial charge in [0, 0.05) is 19.3 Å². The predicted molar refractivity (Wildman–Crippen MR) is 80.5 cm³/mol. The fourth-order valence-electron chi connectivity index (χ4n) is 2.16. The number of aryl methyl sites for hydroxylation is 2. The van der Waals surface area contributed by atoms with Crippen LogP contribution in [-0.2, 0) is 13.0 Å². The zero-order valence-corrected chi connectivity index (χ0v) is 12.2. The van der Waals surface area contributed by atoms with E-state index >= 15 is 0 Å². The topological polar surface area (TPSA) is 29.9 Å². The van der Waals surface area contributed by atoms with Gasteiger partial charge in [0.05, 0.1) is 5.69 Å². The van der Waals surface area contributed by atoms with Crippen molar-refractivity contribution < 1.29 is 4.39 Å². The van der Waals surface area contributed by atoms with Crippen LogP contribution in [0.2, 0.25) is 0 Å². The number of rotatable bonds is 7. The van der Waals surface area contributed by atoms with Gasteiger partial charge in [-0.25, -0.2) is 9.37 Å². The summed E-state index contributed by atoms with van der Waals surface area (Å²) >= 11 is 0. The van der Waals surface area contributed by atoms with Crippen molar-refractivity contribution in [3.05, 3.63) is 47.5 Å². The minimum Gasteiger partial charge on any atom is -0.355 e. The lowest BCUT2D eigenvalue weighted by Gasteiger charge is -2.09. The second kappa shape index (κ2) is 7.08. The molecule has 1 N–H and O–H groups in total. The third-order valence-corrected chi connectivity index (χ3v) is 3.26. The number of anilines is 1. The molecule has 1 heterocycles. The van der Waals surface area contributed by atoms with Crippen molar-refractivity contribution in [2.24, 2.45) is 0 Å². The molecule has 1 aromatic carbocycles. The van der Waals surface area contributed by atoms with E-state index in [1.54, 1.807) is 0 Å². The van der Waals surface area contributed by atoms with Crippen molar-refractivity contribution in [2.75, 3.05) is 11.9 Å². The average Bonchev–Trinajstić information content (AvgIpc) is 2.79. The lowest BCUT2D eigenvalue weighted by Crippen LogP contribution is -2.10. The Labute approximate surface area is 119 Å². The standard InChI is InChI=1S/C16H22FN3/c1-3-4-11-20-12-13(2)19-16(20)18-10-9-14-5-7-15(17)8-6-14/h5-8,12H,3-4,9-11H2,1-2H3,(H,18,19). The molecule has 0 aliphatic rings. The molecule has 0 amide bonds. The number of imidazole rings is 1. The van der Waals surface area contributed by atoms with E-state index in [-0.39, 0.29) is 5.82 Å². The molecule has 2 rings (SSSR count). The van der Waals surface area contributed by atoms with Gasteiger partial charge in [-0.05, 0) is 37.5 Å². The number of unbranched alkanes of at least 4 members (excludes halogenated alkanes) is 1. The first-order chi connectivity index (χ1) is 9.69. The smallest absolute Gasteiger partial charge is 0.203 e. The lowest BCUT2D eigenvalue weighted by molar-refractivity contribution is 0.626. The van der Waals surface area contributed by atoms with Crippen LogP contribution in [0.5, 0.6) is 0 Å². The van der Waals surface area contributed by atoms with Crippen LogP contribution in [0.1, 0.15) is 31.0 Å². The molecule has 0 radical (unpaired) electrons. The normalized spacial score (nSPS) is 10.8. The molecule has 0 spiro atoms. The predicted octanol–water partition coefficient (Wildman–Crippen LogP) is 3.79. The first-order valence-electron chi connectivity index (χ1n) is 7.21. The Balaban J connectivity index is 1.88. The van der Waals surface area contributed by atoms with Crippen LogP contribution in [-0.4, -0.2) is 16.1 Å². The Morgan fingerprint density at radius 1 is 1.25 bits per heavy atom. The monoisotopic (exact) mass is 275 g/mol. The van der Waals surface area contributed by atoms with Gasteiger partial charge in [0.25, 0.3) is 0 Å². The molecule has 0 aliphatic heterocycles. The molecule has 0 aliphatic carbocycles. The lowest BCUT2D eigenvalue weighted by atomic mass is 10.1. The van der Waals surface area contributed by atoms with Crippen molar-refractivity contribution in [2.45, 2.75) is 39.7 Å². The van der Waals surface area contributed by atoms with Gasteiger partial charge in [-0.3, -0.25) is 0 Å². The molecule has 0 saturated carbocycles. The van der Waals surface area contributed by atoms with Crippen LogP contribution in [0.4, 0.5) is 10.3 Å². The van der Waals surface area contributed by atoms with Crippen molar-refractivity contribution in [3.8, 4) is 0 Å². The van der Waals surface area contributed by atoms with E-state index in [1.165, 1.54) is 18.6 Å². The maximum atomic E-state index is 12.8. The Hall–Kier alpha value is -1.84. The van der Waals surface area contributed by atoms with E-state index in [1.807, 2.05) is 19.1 Å². The van der Waals surface area contributed by atoms with E-state index in [0.29, 0.717) is 0 Å². The number of hydrogen-bond acceptors (Lipinski definition) is 2. The first kappa shape index (κ1) is 14.6. The van der Waals surface area contributed by atoms with Crippen LogP contribution in [0, 0.1) is 12.7 Å². The van der Waals surface area contributed by atoms with E-state index in [0.717, 1.165) is 43.1 Å². The third-order valence-electron chi connectivity index (χ3n) is 3.26.